The largest absolute Gasteiger partial charge is 0.0928 e. The van der Waals surface area contributed by atoms with Crippen molar-refractivity contribution in [2.24, 2.45) is 0 Å². The molecular formula is C18H29Br. The molecule has 0 heterocycles. The lowest BCUT2D eigenvalue weighted by Crippen LogP contribution is -1.94. The van der Waals surface area contributed by atoms with Gasteiger partial charge in [-0.25, -0.2) is 0 Å². The summed E-state index contributed by atoms with van der Waals surface area (Å²) in [6, 6.07) is 9.03. The number of unbranched alkanes of at least 4 members (excludes halogenated alkanes) is 6. The Balaban J connectivity index is 2.21. The summed E-state index contributed by atoms with van der Waals surface area (Å²) in [6.07, 6.45) is 13.4. The van der Waals surface area contributed by atoms with Crippen molar-refractivity contribution < 1.29 is 0 Å². The van der Waals surface area contributed by atoms with E-state index in [1.807, 2.05) is 0 Å². The van der Waals surface area contributed by atoms with E-state index in [0.29, 0.717) is 0 Å². The molecule has 0 amide bonds. The molecule has 0 saturated carbocycles. The van der Waals surface area contributed by atoms with Gasteiger partial charge in [0.05, 0.1) is 0 Å². The lowest BCUT2D eigenvalue weighted by molar-refractivity contribution is 0.608. The minimum atomic E-state index is 1.16. The van der Waals surface area contributed by atoms with Gasteiger partial charge in [-0.3, -0.25) is 0 Å². The average molecular weight is 325 g/mol. The second-order valence-corrected chi connectivity index (χ2v) is 6.23. The van der Waals surface area contributed by atoms with E-state index in [2.05, 4.69) is 47.1 Å². The molecule has 0 atom stereocenters. The smallest absolute Gasteiger partial charge is 0.00313 e. The van der Waals surface area contributed by atoms with E-state index in [1.165, 1.54) is 64.2 Å². The number of benzene rings is 1. The lowest BCUT2D eigenvalue weighted by Gasteiger charge is -2.09. The van der Waals surface area contributed by atoms with Crippen LogP contribution < -0.4 is 0 Å². The molecule has 0 radical (unpaired) electrons. The molecule has 0 aliphatic heterocycles. The Labute approximate surface area is 128 Å². The second kappa shape index (κ2) is 11.5. The van der Waals surface area contributed by atoms with Gasteiger partial charge in [0, 0.05) is 5.33 Å². The Bertz CT molecular complexity index is 319. The summed E-state index contributed by atoms with van der Waals surface area (Å²) in [4.78, 5) is 0. The Morgan fingerprint density at radius 3 is 1.84 bits per heavy atom. The highest BCUT2D eigenvalue weighted by molar-refractivity contribution is 9.09. The zero-order valence-electron chi connectivity index (χ0n) is 12.5. The fourth-order valence-corrected chi connectivity index (χ4v) is 2.93. The van der Waals surface area contributed by atoms with Crippen molar-refractivity contribution >= 4 is 15.9 Å². The van der Waals surface area contributed by atoms with Crippen LogP contribution in [0, 0.1) is 0 Å². The molecular weight excluding hydrogens is 296 g/mol. The van der Waals surface area contributed by atoms with Crippen LogP contribution in [0.2, 0.25) is 0 Å². The fraction of sp³-hybridized carbons (Fsp3) is 0.667. The summed E-state index contributed by atoms with van der Waals surface area (Å²) in [5.74, 6) is 0. The molecule has 1 aromatic carbocycles. The van der Waals surface area contributed by atoms with Crippen molar-refractivity contribution in [2.45, 2.75) is 71.1 Å². The van der Waals surface area contributed by atoms with E-state index in [-0.39, 0.29) is 0 Å². The summed E-state index contributed by atoms with van der Waals surface area (Å²) in [7, 11) is 0. The van der Waals surface area contributed by atoms with Crippen molar-refractivity contribution in [3.63, 3.8) is 0 Å². The van der Waals surface area contributed by atoms with Crippen molar-refractivity contribution in [3.8, 4) is 0 Å². The molecule has 0 nitrogen and oxygen atoms in total. The Morgan fingerprint density at radius 1 is 0.737 bits per heavy atom. The molecule has 1 heteroatoms. The van der Waals surface area contributed by atoms with Crippen LogP contribution in [0.4, 0.5) is 0 Å². The predicted molar refractivity (Wildman–Crippen MR) is 90.3 cm³/mol. The highest BCUT2D eigenvalue weighted by Crippen LogP contribution is 2.16. The number of alkyl halides is 1. The first-order chi connectivity index (χ1) is 9.38. The zero-order valence-corrected chi connectivity index (χ0v) is 14.1. The quantitative estimate of drug-likeness (QED) is 0.330. The predicted octanol–water partition coefficient (Wildman–Crippen LogP) is 6.31. The second-order valence-electron chi connectivity index (χ2n) is 5.43. The first kappa shape index (κ1) is 16.8. The topological polar surface area (TPSA) is 0 Å². The highest BCUT2D eigenvalue weighted by Gasteiger charge is 2.01. The monoisotopic (exact) mass is 324 g/mol. The van der Waals surface area contributed by atoms with Crippen molar-refractivity contribution in [1.29, 1.82) is 0 Å². The standard InChI is InChI=1S/C18H29Br/c1-2-3-12-17-14-9-10-15-18(17)13-8-6-4-5-7-11-16-19/h9-10,14-15H,2-8,11-13,16H2,1H3. The Kier molecular flexibility index (Phi) is 10.2. The maximum Gasteiger partial charge on any atom is 0.00313 e. The van der Waals surface area contributed by atoms with Crippen molar-refractivity contribution in [3.05, 3.63) is 35.4 Å². The fourth-order valence-electron chi connectivity index (χ4n) is 2.53. The molecule has 0 aromatic heterocycles. The van der Waals surface area contributed by atoms with Gasteiger partial charge in [-0.05, 0) is 43.2 Å². The Hall–Kier alpha value is -0.300. The third-order valence-corrected chi connectivity index (χ3v) is 4.31. The van der Waals surface area contributed by atoms with E-state index in [0.717, 1.165) is 5.33 Å². The average Bonchev–Trinajstić information content (AvgIpc) is 2.45. The maximum absolute atomic E-state index is 3.49. The van der Waals surface area contributed by atoms with Gasteiger partial charge in [0.15, 0.2) is 0 Å². The van der Waals surface area contributed by atoms with E-state index in [4.69, 9.17) is 0 Å². The number of hydrogen-bond acceptors (Lipinski definition) is 0. The number of halogens is 1. The van der Waals surface area contributed by atoms with E-state index < -0.39 is 0 Å². The van der Waals surface area contributed by atoms with Crippen LogP contribution in [0.3, 0.4) is 0 Å². The SMILES string of the molecule is CCCCc1ccccc1CCCCCCCCBr. The first-order valence-electron chi connectivity index (χ1n) is 8.01. The van der Waals surface area contributed by atoms with Gasteiger partial charge in [0.25, 0.3) is 0 Å². The lowest BCUT2D eigenvalue weighted by atomic mass is 9.97. The molecule has 0 N–H and O–H groups in total. The third kappa shape index (κ3) is 7.77. The summed E-state index contributed by atoms with van der Waals surface area (Å²) in [5.41, 5.74) is 3.18. The summed E-state index contributed by atoms with van der Waals surface area (Å²) in [6.45, 7) is 2.27. The molecule has 0 aliphatic carbocycles. The summed E-state index contributed by atoms with van der Waals surface area (Å²) < 4.78 is 0. The molecule has 1 rings (SSSR count). The van der Waals surface area contributed by atoms with Gasteiger partial charge in [0.2, 0.25) is 0 Å². The van der Waals surface area contributed by atoms with E-state index >= 15 is 0 Å². The zero-order chi connectivity index (χ0) is 13.8. The van der Waals surface area contributed by atoms with Crippen LogP contribution in [-0.4, -0.2) is 5.33 Å². The van der Waals surface area contributed by atoms with Gasteiger partial charge in [-0.1, -0.05) is 79.2 Å². The number of aryl methyl sites for hydroxylation is 2. The van der Waals surface area contributed by atoms with Crippen LogP contribution >= 0.6 is 15.9 Å². The molecule has 0 saturated heterocycles. The molecule has 1 aromatic rings. The third-order valence-electron chi connectivity index (χ3n) is 3.75. The van der Waals surface area contributed by atoms with Crippen LogP contribution in [0.1, 0.15) is 69.4 Å². The van der Waals surface area contributed by atoms with Crippen LogP contribution in [0.5, 0.6) is 0 Å². The molecule has 0 aliphatic rings. The molecule has 0 bridgehead atoms. The number of hydrogen-bond donors (Lipinski definition) is 0. The molecule has 0 unspecified atom stereocenters. The van der Waals surface area contributed by atoms with Crippen LogP contribution in [-0.2, 0) is 12.8 Å². The van der Waals surface area contributed by atoms with Gasteiger partial charge in [0.1, 0.15) is 0 Å². The first-order valence-corrected chi connectivity index (χ1v) is 9.13. The van der Waals surface area contributed by atoms with Crippen LogP contribution in [0.25, 0.3) is 0 Å². The molecule has 0 fully saturated rings. The van der Waals surface area contributed by atoms with E-state index in [1.54, 1.807) is 11.1 Å². The Morgan fingerprint density at radius 2 is 1.26 bits per heavy atom. The normalized spacial score (nSPS) is 10.8. The minimum Gasteiger partial charge on any atom is -0.0928 e. The number of rotatable bonds is 11. The summed E-state index contributed by atoms with van der Waals surface area (Å²) in [5, 5.41) is 1.16. The van der Waals surface area contributed by atoms with Crippen LogP contribution in [0.15, 0.2) is 24.3 Å². The molecule has 0 spiro atoms. The van der Waals surface area contributed by atoms with Crippen molar-refractivity contribution in [2.75, 3.05) is 5.33 Å². The molecule has 108 valence electrons. The molecule has 19 heavy (non-hydrogen) atoms. The van der Waals surface area contributed by atoms with Gasteiger partial charge in [-0.2, -0.15) is 0 Å². The maximum atomic E-state index is 3.49. The summed E-state index contributed by atoms with van der Waals surface area (Å²) >= 11 is 3.49. The minimum absolute atomic E-state index is 1.16. The van der Waals surface area contributed by atoms with E-state index in [9.17, 15) is 0 Å². The van der Waals surface area contributed by atoms with Gasteiger partial charge >= 0.3 is 0 Å². The highest BCUT2D eigenvalue weighted by atomic mass is 79.9. The van der Waals surface area contributed by atoms with Gasteiger partial charge < -0.3 is 0 Å². The van der Waals surface area contributed by atoms with Crippen molar-refractivity contribution in [1.82, 2.24) is 0 Å². The van der Waals surface area contributed by atoms with Gasteiger partial charge in [-0.15, -0.1) is 0 Å².